The van der Waals surface area contributed by atoms with Gasteiger partial charge in [-0.15, -0.1) is 0 Å². The van der Waals surface area contributed by atoms with E-state index in [0.717, 1.165) is 65.2 Å². The van der Waals surface area contributed by atoms with Crippen LogP contribution < -0.4 is 5.32 Å². The molecule has 0 radical (unpaired) electrons. The van der Waals surface area contributed by atoms with E-state index in [4.69, 9.17) is 18.9 Å². The highest BCUT2D eigenvalue weighted by Gasteiger charge is 2.10. The summed E-state index contributed by atoms with van der Waals surface area (Å²) in [7, 11) is -0.595. The summed E-state index contributed by atoms with van der Waals surface area (Å²) in [4.78, 5) is 0. The third kappa shape index (κ3) is 19.3. The van der Waals surface area contributed by atoms with E-state index >= 15 is 0 Å². The molecule has 0 bridgehead atoms. The van der Waals surface area contributed by atoms with Crippen molar-refractivity contribution in [3.63, 3.8) is 0 Å². The molecular weight excluding hydrogens is 374 g/mol. The Morgan fingerprint density at radius 1 is 0.593 bits per heavy atom. The molecule has 0 spiro atoms. The summed E-state index contributed by atoms with van der Waals surface area (Å²) in [5.41, 5.74) is 0. The van der Waals surface area contributed by atoms with Gasteiger partial charge in [-0.3, -0.25) is 0 Å². The quantitative estimate of drug-likeness (QED) is 0.165. The summed E-state index contributed by atoms with van der Waals surface area (Å²) in [5, 5.41) is 3.59. The minimum atomic E-state index is -0.297. The number of rotatable bonds is 22. The fraction of sp³-hybridized carbons (Fsp3) is 1.00. The van der Waals surface area contributed by atoms with Gasteiger partial charge < -0.3 is 24.3 Å². The van der Waals surface area contributed by atoms with Crippen molar-refractivity contribution in [2.24, 2.45) is 0 Å². The Hall–Kier alpha value is 0.234. The van der Waals surface area contributed by atoms with Crippen LogP contribution in [0.4, 0.5) is 0 Å². The van der Waals surface area contributed by atoms with Crippen molar-refractivity contribution < 1.29 is 18.9 Å². The van der Waals surface area contributed by atoms with Gasteiger partial charge in [0.05, 0.1) is 19.0 Å². The first-order chi connectivity index (χ1) is 13.3. The minimum absolute atomic E-state index is 0.124. The molecular formula is C20H47NO4Si2. The van der Waals surface area contributed by atoms with Crippen LogP contribution in [0.15, 0.2) is 0 Å². The summed E-state index contributed by atoms with van der Waals surface area (Å²) in [5.74, 6) is 0.248. The zero-order valence-electron chi connectivity index (χ0n) is 18.6. The molecule has 7 heteroatoms. The maximum Gasteiger partial charge on any atom is 0.134 e. The maximum atomic E-state index is 5.83. The van der Waals surface area contributed by atoms with Crippen molar-refractivity contribution >= 4 is 19.0 Å². The molecule has 0 aliphatic heterocycles. The molecule has 0 fully saturated rings. The lowest BCUT2D eigenvalue weighted by molar-refractivity contribution is -0.0906. The van der Waals surface area contributed by atoms with E-state index in [0.29, 0.717) is 0 Å². The monoisotopic (exact) mass is 421 g/mol. The maximum absolute atomic E-state index is 5.83. The first kappa shape index (κ1) is 27.2. The molecule has 0 rings (SSSR count). The molecule has 0 saturated carbocycles. The van der Waals surface area contributed by atoms with Crippen molar-refractivity contribution in [1.82, 2.24) is 5.32 Å². The van der Waals surface area contributed by atoms with Gasteiger partial charge in [-0.25, -0.2) is 0 Å². The Morgan fingerprint density at radius 3 is 1.22 bits per heavy atom. The fourth-order valence-electron chi connectivity index (χ4n) is 2.67. The predicted molar refractivity (Wildman–Crippen MR) is 121 cm³/mol. The van der Waals surface area contributed by atoms with Gasteiger partial charge in [0.1, 0.15) is 11.8 Å². The van der Waals surface area contributed by atoms with Crippen LogP contribution in [0.1, 0.15) is 66.2 Å². The molecule has 27 heavy (non-hydrogen) atoms. The minimum Gasteiger partial charge on any atom is -0.357 e. The first-order valence-electron chi connectivity index (χ1n) is 11.4. The number of ether oxygens (including phenoxy) is 4. The van der Waals surface area contributed by atoms with Crippen LogP contribution in [0.5, 0.6) is 0 Å². The van der Waals surface area contributed by atoms with Gasteiger partial charge in [0, 0.05) is 26.4 Å². The topological polar surface area (TPSA) is 49.0 Å². The average molecular weight is 422 g/mol. The van der Waals surface area contributed by atoms with Crippen LogP contribution in [-0.2, 0) is 18.9 Å². The van der Waals surface area contributed by atoms with E-state index in [1.54, 1.807) is 0 Å². The van der Waals surface area contributed by atoms with Crippen LogP contribution in [-0.4, -0.2) is 70.4 Å². The summed E-state index contributed by atoms with van der Waals surface area (Å²) in [6.07, 6.45) is 6.76. The van der Waals surface area contributed by atoms with Crippen LogP contribution in [0, 0.1) is 0 Å². The van der Waals surface area contributed by atoms with Crippen molar-refractivity contribution in [3.05, 3.63) is 0 Å². The third-order valence-corrected chi connectivity index (χ3v) is 7.82. The fourth-order valence-corrected chi connectivity index (χ4v) is 5.75. The Balaban J connectivity index is 3.59. The van der Waals surface area contributed by atoms with Crippen molar-refractivity contribution in [2.45, 2.75) is 90.1 Å². The Labute approximate surface area is 173 Å². The second kappa shape index (κ2) is 22.5. The molecule has 0 aromatic carbocycles. The van der Waals surface area contributed by atoms with Crippen molar-refractivity contribution in [3.8, 4) is 0 Å². The normalized spacial score (nSPS) is 12.7. The van der Waals surface area contributed by atoms with Gasteiger partial charge in [-0.2, -0.15) is 0 Å². The van der Waals surface area contributed by atoms with Crippen LogP contribution in [0.25, 0.3) is 0 Å². The zero-order chi connectivity index (χ0) is 20.0. The highest BCUT2D eigenvalue weighted by atomic mass is 28.2. The molecule has 0 amide bonds. The largest absolute Gasteiger partial charge is 0.357 e. The van der Waals surface area contributed by atoms with E-state index in [2.05, 4.69) is 33.0 Å². The number of hydrogen-bond donors (Lipinski definition) is 1. The van der Waals surface area contributed by atoms with Gasteiger partial charge in [-0.05, 0) is 51.6 Å². The summed E-state index contributed by atoms with van der Waals surface area (Å²) < 4.78 is 23.3. The number of hydrogen-bond acceptors (Lipinski definition) is 5. The predicted octanol–water partition coefficient (Wildman–Crippen LogP) is 2.80. The van der Waals surface area contributed by atoms with Gasteiger partial charge in [0.25, 0.3) is 0 Å². The Morgan fingerprint density at radius 2 is 0.926 bits per heavy atom. The molecule has 0 unspecified atom stereocenters. The third-order valence-electron chi connectivity index (χ3n) is 4.12. The van der Waals surface area contributed by atoms with E-state index in [-0.39, 0.29) is 30.9 Å². The van der Waals surface area contributed by atoms with Gasteiger partial charge in [0.15, 0.2) is 0 Å². The smallest absolute Gasteiger partial charge is 0.134 e. The molecule has 0 aliphatic carbocycles. The number of nitrogens with one attached hydrogen (secondary N) is 1. The van der Waals surface area contributed by atoms with E-state index < -0.39 is 0 Å². The van der Waals surface area contributed by atoms with E-state index in [1.807, 2.05) is 0 Å². The lowest BCUT2D eigenvalue weighted by Gasteiger charge is -2.18. The molecule has 0 aliphatic rings. The summed E-state index contributed by atoms with van der Waals surface area (Å²) in [6, 6.07) is 2.58. The highest BCUT2D eigenvalue weighted by molar-refractivity contribution is 6.36. The molecule has 164 valence electrons. The second-order valence-corrected chi connectivity index (χ2v) is 11.0. The molecule has 5 nitrogen and oxygen atoms in total. The molecule has 0 heterocycles. The summed E-state index contributed by atoms with van der Waals surface area (Å²) >= 11 is 0. The first-order valence-corrected chi connectivity index (χ1v) is 15.1. The lowest BCUT2D eigenvalue weighted by atomic mass is 10.4. The zero-order valence-corrected chi connectivity index (χ0v) is 21.4. The van der Waals surface area contributed by atoms with Crippen LogP contribution in [0.3, 0.4) is 0 Å². The summed E-state index contributed by atoms with van der Waals surface area (Å²) in [6.45, 7) is 14.2. The van der Waals surface area contributed by atoms with Gasteiger partial charge >= 0.3 is 0 Å². The molecule has 0 aromatic heterocycles. The lowest BCUT2D eigenvalue weighted by Crippen LogP contribution is -2.27. The highest BCUT2D eigenvalue weighted by Crippen LogP contribution is 2.02. The second-order valence-electron chi connectivity index (χ2n) is 7.08. The van der Waals surface area contributed by atoms with Crippen molar-refractivity contribution in [1.29, 1.82) is 0 Å². The Bertz CT molecular complexity index is 247. The SMILES string of the molecule is CCCOC(OCCC)[SiH2]CCCNCCC[SiH2]C(OCCC)OCCC. The standard InChI is InChI=1S/C20H47NO4Si2/c1-5-13-22-19(23-14-6-2)26-17-9-11-21-12-10-18-27-20(24-15-7-3)25-16-8-4/h19-21H,5-18,26-27H2,1-4H3. The van der Waals surface area contributed by atoms with Crippen LogP contribution in [0.2, 0.25) is 12.1 Å². The molecule has 0 saturated heterocycles. The average Bonchev–Trinajstić information content (AvgIpc) is 2.69. The van der Waals surface area contributed by atoms with Gasteiger partial charge in [0.2, 0.25) is 0 Å². The van der Waals surface area contributed by atoms with E-state index in [9.17, 15) is 0 Å². The van der Waals surface area contributed by atoms with Crippen LogP contribution >= 0.6 is 0 Å². The van der Waals surface area contributed by atoms with Crippen molar-refractivity contribution in [2.75, 3.05) is 39.5 Å². The molecule has 1 N–H and O–H groups in total. The van der Waals surface area contributed by atoms with Gasteiger partial charge in [-0.1, -0.05) is 39.8 Å². The molecule has 0 atom stereocenters. The molecule has 0 aromatic rings. The van der Waals surface area contributed by atoms with E-state index in [1.165, 1.54) is 24.9 Å². The Kier molecular flexibility index (Phi) is 22.7.